The molecule has 0 aliphatic carbocycles. The number of pyridine rings is 1. The smallest absolute Gasteiger partial charge is 0.230 e. The Balaban J connectivity index is 1.48. The van der Waals surface area contributed by atoms with E-state index in [1.807, 2.05) is 19.1 Å². The van der Waals surface area contributed by atoms with Crippen LogP contribution in [0.3, 0.4) is 0 Å². The van der Waals surface area contributed by atoms with Crippen molar-refractivity contribution in [2.75, 3.05) is 18.2 Å². The Bertz CT molecular complexity index is 1830. The number of hydrogen-bond donors (Lipinski definition) is 2. The summed E-state index contributed by atoms with van der Waals surface area (Å²) < 4.78 is 41.5. The van der Waals surface area contributed by atoms with Gasteiger partial charge in [0.25, 0.3) is 0 Å². The van der Waals surface area contributed by atoms with Gasteiger partial charge in [0.2, 0.25) is 5.91 Å². The van der Waals surface area contributed by atoms with Crippen LogP contribution in [-0.2, 0) is 27.6 Å². The number of aromatic nitrogens is 5. The minimum atomic E-state index is -3.35. The molecule has 0 unspecified atom stereocenters. The number of aliphatic hydroxyl groups excluding tert-OH is 1. The van der Waals surface area contributed by atoms with Crippen LogP contribution in [-0.4, -0.2) is 56.8 Å². The number of carbonyl (C=O) groups excluding carboxylic acids is 1. The van der Waals surface area contributed by atoms with E-state index in [9.17, 15) is 22.7 Å². The van der Waals surface area contributed by atoms with Crippen LogP contribution in [0.1, 0.15) is 11.4 Å². The fourth-order valence-electron chi connectivity index (χ4n) is 4.33. The van der Waals surface area contributed by atoms with Crippen LogP contribution in [0.2, 0.25) is 0 Å². The van der Waals surface area contributed by atoms with Crippen LogP contribution >= 0.6 is 0 Å². The number of amides is 1. The third-order valence-corrected chi connectivity index (χ3v) is 7.42. The Labute approximate surface area is 236 Å². The van der Waals surface area contributed by atoms with Crippen molar-refractivity contribution in [1.29, 1.82) is 0 Å². The third-order valence-electron chi connectivity index (χ3n) is 6.29. The molecule has 0 spiro atoms. The van der Waals surface area contributed by atoms with Gasteiger partial charge in [-0.3, -0.25) is 9.48 Å². The molecule has 0 fully saturated rings. The fourth-order valence-corrected chi connectivity index (χ4v) is 4.96. The van der Waals surface area contributed by atoms with Gasteiger partial charge in [-0.25, -0.2) is 22.5 Å². The molecule has 3 aromatic heterocycles. The Kier molecular flexibility index (Phi) is 7.77. The number of anilines is 1. The van der Waals surface area contributed by atoms with E-state index in [0.29, 0.717) is 46.1 Å². The van der Waals surface area contributed by atoms with E-state index in [0.717, 1.165) is 11.9 Å². The highest BCUT2D eigenvalue weighted by Gasteiger charge is 2.18. The molecule has 12 heteroatoms. The van der Waals surface area contributed by atoms with Crippen molar-refractivity contribution in [2.45, 2.75) is 24.8 Å². The molecule has 0 bridgehead atoms. The summed E-state index contributed by atoms with van der Waals surface area (Å²) in [5.74, 6) is -0.246. The number of rotatable bonds is 9. The van der Waals surface area contributed by atoms with E-state index >= 15 is 0 Å². The Morgan fingerprint density at radius 2 is 1.83 bits per heavy atom. The van der Waals surface area contributed by atoms with Crippen LogP contribution in [0.4, 0.5) is 10.1 Å². The highest BCUT2D eigenvalue weighted by molar-refractivity contribution is 7.90. The normalized spacial score (nSPS) is 11.5. The van der Waals surface area contributed by atoms with Crippen molar-refractivity contribution in [3.63, 3.8) is 0 Å². The maximum atomic E-state index is 14.9. The van der Waals surface area contributed by atoms with Gasteiger partial charge < -0.3 is 10.4 Å². The molecule has 3 heterocycles. The maximum absolute atomic E-state index is 14.9. The zero-order chi connectivity index (χ0) is 29.1. The van der Waals surface area contributed by atoms with Crippen molar-refractivity contribution < 1.29 is 22.7 Å². The average Bonchev–Trinajstić information content (AvgIpc) is 3.56. The largest absolute Gasteiger partial charge is 0.394 e. The predicted octanol–water partition coefficient (Wildman–Crippen LogP) is 3.82. The molecule has 0 aliphatic rings. The lowest BCUT2D eigenvalue weighted by atomic mass is 10.0. The first-order valence-electron chi connectivity index (χ1n) is 12.7. The lowest BCUT2D eigenvalue weighted by Gasteiger charge is -2.09. The number of halogens is 1. The second kappa shape index (κ2) is 11.4. The molecule has 5 rings (SSSR count). The lowest BCUT2D eigenvalue weighted by molar-refractivity contribution is -0.115. The third kappa shape index (κ3) is 6.39. The molecule has 0 saturated carbocycles. The van der Waals surface area contributed by atoms with Gasteiger partial charge >= 0.3 is 0 Å². The van der Waals surface area contributed by atoms with Crippen molar-refractivity contribution in [1.82, 2.24) is 24.5 Å². The van der Waals surface area contributed by atoms with E-state index in [2.05, 4.69) is 20.5 Å². The SMILES string of the molecule is Cc1cccc(-n2nc(CC(=O)Nc3ccc(S(C)(=O)=O)cc3)cc2-c2ccc(F)c(-c3cnn(CCO)c3)c2)n1. The molecule has 2 N–H and O–H groups in total. The first kappa shape index (κ1) is 27.9. The van der Waals surface area contributed by atoms with Gasteiger partial charge in [-0.05, 0) is 67.6 Å². The van der Waals surface area contributed by atoms with Crippen molar-refractivity contribution >= 4 is 21.4 Å². The Hall–Kier alpha value is -4.68. The number of nitrogens with one attached hydrogen (secondary N) is 1. The molecular weight excluding hydrogens is 547 g/mol. The summed E-state index contributed by atoms with van der Waals surface area (Å²) in [7, 11) is -3.35. The van der Waals surface area contributed by atoms with Crippen LogP contribution in [0, 0.1) is 12.7 Å². The van der Waals surface area contributed by atoms with E-state index < -0.39 is 15.7 Å². The summed E-state index contributed by atoms with van der Waals surface area (Å²) >= 11 is 0. The van der Waals surface area contributed by atoms with Crippen molar-refractivity contribution in [3.05, 3.63) is 96.3 Å². The molecule has 1 amide bonds. The van der Waals surface area contributed by atoms with Crippen LogP contribution < -0.4 is 5.32 Å². The average molecular weight is 575 g/mol. The molecule has 210 valence electrons. The summed E-state index contributed by atoms with van der Waals surface area (Å²) in [5.41, 5.74) is 3.81. The second-order valence-corrected chi connectivity index (χ2v) is 11.5. The topological polar surface area (TPSA) is 132 Å². The van der Waals surface area contributed by atoms with Gasteiger partial charge in [-0.2, -0.15) is 10.2 Å². The molecule has 10 nitrogen and oxygen atoms in total. The number of benzene rings is 2. The molecule has 0 saturated heterocycles. The van der Waals surface area contributed by atoms with Gasteiger partial charge in [-0.15, -0.1) is 0 Å². The van der Waals surface area contributed by atoms with E-state index in [1.54, 1.807) is 35.1 Å². The van der Waals surface area contributed by atoms with Crippen molar-refractivity contribution in [3.8, 4) is 28.2 Å². The van der Waals surface area contributed by atoms with Gasteiger partial charge in [0.05, 0.1) is 42.1 Å². The first-order valence-corrected chi connectivity index (χ1v) is 14.6. The summed E-state index contributed by atoms with van der Waals surface area (Å²) in [6.07, 6.45) is 4.25. The molecule has 5 aromatic rings. The van der Waals surface area contributed by atoms with E-state index in [4.69, 9.17) is 0 Å². The molecule has 0 radical (unpaired) electrons. The highest BCUT2D eigenvalue weighted by Crippen LogP contribution is 2.30. The van der Waals surface area contributed by atoms with Gasteiger partial charge in [0.1, 0.15) is 5.82 Å². The molecule has 2 aromatic carbocycles. The van der Waals surface area contributed by atoms with Crippen LogP contribution in [0.25, 0.3) is 28.2 Å². The minimum Gasteiger partial charge on any atom is -0.394 e. The molecule has 0 aliphatic heterocycles. The molecule has 41 heavy (non-hydrogen) atoms. The van der Waals surface area contributed by atoms with Crippen LogP contribution in [0.15, 0.2) is 84.0 Å². The first-order chi connectivity index (χ1) is 19.6. The fraction of sp³-hybridized carbons (Fsp3) is 0.172. The number of hydrogen-bond acceptors (Lipinski definition) is 7. The zero-order valence-electron chi connectivity index (χ0n) is 22.3. The summed E-state index contributed by atoms with van der Waals surface area (Å²) in [6, 6.07) is 17.8. The van der Waals surface area contributed by atoms with E-state index in [-0.39, 0.29) is 23.8 Å². The van der Waals surface area contributed by atoms with Gasteiger partial charge in [0.15, 0.2) is 15.7 Å². The Morgan fingerprint density at radius 1 is 1.05 bits per heavy atom. The number of sulfone groups is 1. The predicted molar refractivity (Wildman–Crippen MR) is 152 cm³/mol. The van der Waals surface area contributed by atoms with Gasteiger partial charge in [0, 0.05) is 40.5 Å². The number of carbonyl (C=O) groups is 1. The summed E-state index contributed by atoms with van der Waals surface area (Å²) in [4.78, 5) is 17.6. The van der Waals surface area contributed by atoms with Gasteiger partial charge in [-0.1, -0.05) is 6.07 Å². The lowest BCUT2D eigenvalue weighted by Crippen LogP contribution is -2.15. The standard InChI is InChI=1S/C29H27FN6O4S/c1-19-4-3-5-28(32-19)36-27(20-6-11-26(30)25(14-20)21-17-31-35(18-21)12-13-37)15-23(34-36)16-29(38)33-22-7-9-24(10-8-22)41(2,39)40/h3-11,14-15,17-18,37H,12-13,16H2,1-2H3,(H,33,38). The number of aryl methyl sites for hydroxylation is 1. The summed E-state index contributed by atoms with van der Waals surface area (Å²) in [5, 5.41) is 20.8. The summed E-state index contributed by atoms with van der Waals surface area (Å²) in [6.45, 7) is 2.06. The maximum Gasteiger partial charge on any atom is 0.230 e. The van der Waals surface area contributed by atoms with E-state index in [1.165, 1.54) is 41.2 Å². The van der Waals surface area contributed by atoms with Crippen molar-refractivity contribution in [2.24, 2.45) is 0 Å². The minimum absolute atomic E-state index is 0.0678. The number of nitrogens with zero attached hydrogens (tertiary/aromatic N) is 5. The molecule has 0 atom stereocenters. The Morgan fingerprint density at radius 3 is 2.54 bits per heavy atom. The molecular formula is C29H27FN6O4S. The second-order valence-electron chi connectivity index (χ2n) is 9.50. The quantitative estimate of drug-likeness (QED) is 0.274. The monoisotopic (exact) mass is 574 g/mol. The highest BCUT2D eigenvalue weighted by atomic mass is 32.2. The zero-order valence-corrected chi connectivity index (χ0v) is 23.1. The number of aliphatic hydroxyl groups is 1. The van der Waals surface area contributed by atoms with Crippen LogP contribution in [0.5, 0.6) is 0 Å².